The van der Waals surface area contributed by atoms with Gasteiger partial charge in [-0.05, 0) is 37.3 Å². The first kappa shape index (κ1) is 14.2. The quantitative estimate of drug-likeness (QED) is 0.867. The lowest BCUT2D eigenvalue weighted by atomic mass is 9.84. The molecule has 0 spiro atoms. The van der Waals surface area contributed by atoms with Crippen molar-refractivity contribution in [2.45, 2.75) is 30.6 Å². The molecule has 19 heavy (non-hydrogen) atoms. The van der Waals surface area contributed by atoms with Crippen LogP contribution in [0.3, 0.4) is 0 Å². The Kier molecular flexibility index (Phi) is 4.73. The Morgan fingerprint density at radius 3 is 2.79 bits per heavy atom. The van der Waals surface area contributed by atoms with E-state index in [4.69, 9.17) is 10.00 Å². The minimum Gasteiger partial charge on any atom is -0.496 e. The van der Waals surface area contributed by atoms with Crippen molar-refractivity contribution in [3.05, 3.63) is 29.3 Å². The van der Waals surface area contributed by atoms with Gasteiger partial charge in [-0.3, -0.25) is 0 Å². The van der Waals surface area contributed by atoms with Crippen LogP contribution >= 0.6 is 11.8 Å². The minimum atomic E-state index is 0.431. The molecule has 0 atom stereocenters. The highest BCUT2D eigenvalue weighted by Gasteiger charge is 2.35. The van der Waals surface area contributed by atoms with Crippen LogP contribution in [0.1, 0.15) is 30.4 Å². The van der Waals surface area contributed by atoms with E-state index >= 15 is 0 Å². The molecular formula is C15H20N2OS. The van der Waals surface area contributed by atoms with Gasteiger partial charge in [0.25, 0.3) is 0 Å². The van der Waals surface area contributed by atoms with E-state index < -0.39 is 0 Å². The van der Waals surface area contributed by atoms with E-state index in [-0.39, 0.29) is 0 Å². The lowest BCUT2D eigenvalue weighted by molar-refractivity contribution is 0.343. The number of hydrogen-bond acceptors (Lipinski definition) is 4. The molecule has 1 N–H and O–H groups in total. The lowest BCUT2D eigenvalue weighted by Gasteiger charge is -2.40. The van der Waals surface area contributed by atoms with Gasteiger partial charge in [0.2, 0.25) is 0 Å². The van der Waals surface area contributed by atoms with E-state index in [0.29, 0.717) is 10.3 Å². The summed E-state index contributed by atoms with van der Waals surface area (Å²) in [5.74, 6) is 0.846. The molecule has 1 saturated carbocycles. The summed E-state index contributed by atoms with van der Waals surface area (Å²) in [5.41, 5.74) is 1.73. The highest BCUT2D eigenvalue weighted by atomic mass is 32.2. The SMILES string of the molecule is COc1ccc(C#N)cc1CNCC1(SC)CCC1. The standard InChI is InChI=1S/C15H20N2OS/c1-18-14-5-4-12(9-16)8-13(14)10-17-11-15(19-2)6-3-7-15/h4-5,8,17H,3,6-7,10-11H2,1-2H3. The molecule has 1 aromatic rings. The molecule has 1 aliphatic carbocycles. The van der Waals surface area contributed by atoms with Gasteiger partial charge >= 0.3 is 0 Å². The van der Waals surface area contributed by atoms with Crippen molar-refractivity contribution in [2.75, 3.05) is 19.9 Å². The van der Waals surface area contributed by atoms with E-state index in [1.807, 2.05) is 23.9 Å². The summed E-state index contributed by atoms with van der Waals surface area (Å²) in [5, 5.41) is 12.5. The minimum absolute atomic E-state index is 0.431. The predicted octanol–water partition coefficient (Wildman–Crippen LogP) is 2.94. The van der Waals surface area contributed by atoms with Crippen LogP contribution in [0.25, 0.3) is 0 Å². The molecule has 0 amide bonds. The largest absolute Gasteiger partial charge is 0.496 e. The number of benzene rings is 1. The Morgan fingerprint density at radius 1 is 1.47 bits per heavy atom. The number of nitrogens with one attached hydrogen (secondary N) is 1. The maximum Gasteiger partial charge on any atom is 0.123 e. The fourth-order valence-electron chi connectivity index (χ4n) is 2.44. The summed E-state index contributed by atoms with van der Waals surface area (Å²) in [6, 6.07) is 7.73. The summed E-state index contributed by atoms with van der Waals surface area (Å²) < 4.78 is 5.77. The molecule has 1 aliphatic rings. The van der Waals surface area contributed by atoms with Crippen molar-refractivity contribution in [1.82, 2.24) is 5.32 Å². The Morgan fingerprint density at radius 2 is 2.26 bits per heavy atom. The fraction of sp³-hybridized carbons (Fsp3) is 0.533. The molecular weight excluding hydrogens is 256 g/mol. The Balaban J connectivity index is 1.96. The van der Waals surface area contributed by atoms with Crippen molar-refractivity contribution < 1.29 is 4.74 Å². The van der Waals surface area contributed by atoms with Gasteiger partial charge in [0.15, 0.2) is 0 Å². The van der Waals surface area contributed by atoms with Gasteiger partial charge < -0.3 is 10.1 Å². The predicted molar refractivity (Wildman–Crippen MR) is 79.5 cm³/mol. The Bertz CT molecular complexity index is 472. The van der Waals surface area contributed by atoms with Crippen LogP contribution < -0.4 is 10.1 Å². The van der Waals surface area contributed by atoms with Gasteiger partial charge in [0, 0.05) is 23.4 Å². The molecule has 1 fully saturated rings. The van der Waals surface area contributed by atoms with Gasteiger partial charge in [0.05, 0.1) is 18.7 Å². The smallest absolute Gasteiger partial charge is 0.123 e. The fourth-order valence-corrected chi connectivity index (χ4v) is 3.38. The summed E-state index contributed by atoms with van der Waals surface area (Å²) in [4.78, 5) is 0. The molecule has 0 saturated heterocycles. The molecule has 0 unspecified atom stereocenters. The van der Waals surface area contributed by atoms with Crippen molar-refractivity contribution >= 4 is 11.8 Å². The number of hydrogen-bond donors (Lipinski definition) is 1. The van der Waals surface area contributed by atoms with Gasteiger partial charge in [-0.2, -0.15) is 17.0 Å². The third-order valence-electron chi connectivity index (χ3n) is 3.87. The van der Waals surface area contributed by atoms with E-state index in [1.54, 1.807) is 13.2 Å². The van der Waals surface area contributed by atoms with Crippen molar-refractivity contribution in [2.24, 2.45) is 0 Å². The number of ether oxygens (including phenoxy) is 1. The van der Waals surface area contributed by atoms with Crippen LogP contribution in [0.2, 0.25) is 0 Å². The molecule has 1 aromatic carbocycles. The van der Waals surface area contributed by atoms with E-state index in [2.05, 4.69) is 17.6 Å². The molecule has 0 aliphatic heterocycles. The maximum atomic E-state index is 8.95. The first-order valence-electron chi connectivity index (χ1n) is 6.56. The molecule has 4 heteroatoms. The zero-order chi connectivity index (χ0) is 13.7. The topological polar surface area (TPSA) is 45.0 Å². The molecule has 0 aromatic heterocycles. The highest BCUT2D eigenvalue weighted by Crippen LogP contribution is 2.42. The lowest BCUT2D eigenvalue weighted by Crippen LogP contribution is -2.43. The zero-order valence-corrected chi connectivity index (χ0v) is 12.3. The normalized spacial score (nSPS) is 16.5. The molecule has 0 radical (unpaired) electrons. The van der Waals surface area contributed by atoms with Crippen molar-refractivity contribution in [3.63, 3.8) is 0 Å². The second kappa shape index (κ2) is 6.31. The van der Waals surface area contributed by atoms with Gasteiger partial charge in [-0.1, -0.05) is 6.42 Å². The maximum absolute atomic E-state index is 8.95. The number of nitriles is 1. The average Bonchev–Trinajstić information content (AvgIpc) is 2.41. The van der Waals surface area contributed by atoms with E-state index in [1.165, 1.54) is 19.3 Å². The van der Waals surface area contributed by atoms with E-state index in [9.17, 15) is 0 Å². The van der Waals surface area contributed by atoms with Gasteiger partial charge in [-0.25, -0.2) is 0 Å². The van der Waals surface area contributed by atoms with Crippen LogP contribution in [-0.2, 0) is 6.54 Å². The number of rotatable bonds is 6. The zero-order valence-electron chi connectivity index (χ0n) is 11.5. The van der Waals surface area contributed by atoms with Crippen LogP contribution in [0.5, 0.6) is 5.75 Å². The van der Waals surface area contributed by atoms with E-state index in [0.717, 1.165) is 24.4 Å². The van der Waals surface area contributed by atoms with Gasteiger partial charge in [-0.15, -0.1) is 0 Å². The molecule has 2 rings (SSSR count). The van der Waals surface area contributed by atoms with Crippen LogP contribution in [0.4, 0.5) is 0 Å². The summed E-state index contributed by atoms with van der Waals surface area (Å²) >= 11 is 1.97. The summed E-state index contributed by atoms with van der Waals surface area (Å²) in [6.45, 7) is 1.77. The highest BCUT2D eigenvalue weighted by molar-refractivity contribution is 8.00. The monoisotopic (exact) mass is 276 g/mol. The molecule has 3 nitrogen and oxygen atoms in total. The number of methoxy groups -OCH3 is 1. The third-order valence-corrected chi connectivity index (χ3v) is 5.29. The van der Waals surface area contributed by atoms with Gasteiger partial charge in [0.1, 0.15) is 5.75 Å². The van der Waals surface area contributed by atoms with Crippen LogP contribution in [0.15, 0.2) is 18.2 Å². The molecule has 0 bridgehead atoms. The Hall–Kier alpha value is -1.18. The van der Waals surface area contributed by atoms with Crippen LogP contribution in [0, 0.1) is 11.3 Å². The Labute approximate surface area is 119 Å². The summed E-state index contributed by atoms with van der Waals surface area (Å²) in [7, 11) is 1.67. The third kappa shape index (κ3) is 3.23. The number of thioether (sulfide) groups is 1. The van der Waals surface area contributed by atoms with Crippen molar-refractivity contribution in [1.29, 1.82) is 5.26 Å². The average molecular weight is 276 g/mol. The summed E-state index contributed by atoms with van der Waals surface area (Å²) in [6.07, 6.45) is 6.14. The van der Waals surface area contributed by atoms with Crippen LogP contribution in [-0.4, -0.2) is 24.7 Å². The second-order valence-electron chi connectivity index (χ2n) is 4.98. The van der Waals surface area contributed by atoms with Crippen molar-refractivity contribution in [3.8, 4) is 11.8 Å². The number of nitrogens with zero attached hydrogens (tertiary/aromatic N) is 1. The first-order valence-corrected chi connectivity index (χ1v) is 7.78. The molecule has 102 valence electrons. The molecule has 0 heterocycles. The first-order chi connectivity index (χ1) is 9.23. The second-order valence-corrected chi connectivity index (χ2v) is 6.26.